The monoisotopic (exact) mass is 327 g/mol. The second-order valence-corrected chi connectivity index (χ2v) is 6.60. The van der Waals surface area contributed by atoms with E-state index < -0.39 is 5.60 Å². The molecule has 1 fully saturated rings. The molecule has 0 spiro atoms. The molecule has 24 heavy (non-hydrogen) atoms. The number of aliphatic hydroxyl groups excluding tert-OH is 1. The van der Waals surface area contributed by atoms with Gasteiger partial charge in [0.1, 0.15) is 11.4 Å². The molecule has 3 rings (SSSR count). The van der Waals surface area contributed by atoms with Crippen molar-refractivity contribution in [2.24, 2.45) is 0 Å². The van der Waals surface area contributed by atoms with Crippen molar-refractivity contribution in [3.63, 3.8) is 0 Å². The van der Waals surface area contributed by atoms with Crippen LogP contribution in [0.1, 0.15) is 25.0 Å². The van der Waals surface area contributed by atoms with Crippen LogP contribution in [0.2, 0.25) is 0 Å². The molecule has 6 nitrogen and oxygen atoms in total. The van der Waals surface area contributed by atoms with Gasteiger partial charge in [0.25, 0.3) is 0 Å². The first-order valence-corrected chi connectivity index (χ1v) is 8.03. The Kier molecular flexibility index (Phi) is 4.31. The fourth-order valence-electron chi connectivity index (χ4n) is 3.14. The number of β-amino-alcohol motifs (C(OH)–C–C–N with tert-alkyl or cyclic N) is 1. The van der Waals surface area contributed by atoms with Gasteiger partial charge in [0.15, 0.2) is 0 Å². The molecule has 0 saturated carbocycles. The first-order chi connectivity index (χ1) is 11.4. The van der Waals surface area contributed by atoms with Gasteiger partial charge in [-0.2, -0.15) is 5.26 Å². The Bertz CT molecular complexity index is 734. The normalized spacial score (nSPS) is 20.0. The number of nitriles is 1. The van der Waals surface area contributed by atoms with Gasteiger partial charge in [-0.25, -0.2) is 0 Å². The van der Waals surface area contributed by atoms with Crippen molar-refractivity contribution < 1.29 is 14.6 Å². The van der Waals surface area contributed by atoms with Crippen LogP contribution in [-0.2, 0) is 4.79 Å². The topological polar surface area (TPSA) is 76.8 Å². The van der Waals surface area contributed by atoms with Crippen LogP contribution >= 0.6 is 0 Å². The average Bonchev–Trinajstić information content (AvgIpc) is 2.53. The first-order valence-electron chi connectivity index (χ1n) is 8.03. The molecular weight excluding hydrogens is 306 g/mol. The largest absolute Gasteiger partial charge is 0.483 e. The van der Waals surface area contributed by atoms with E-state index in [9.17, 15) is 4.79 Å². The summed E-state index contributed by atoms with van der Waals surface area (Å²) in [6.07, 6.45) is 1.94. The molecule has 126 valence electrons. The maximum atomic E-state index is 12.6. The van der Waals surface area contributed by atoms with E-state index in [1.54, 1.807) is 23.1 Å². The number of amides is 1. The van der Waals surface area contributed by atoms with Crippen molar-refractivity contribution in [2.45, 2.75) is 19.4 Å². The van der Waals surface area contributed by atoms with E-state index in [1.807, 2.05) is 24.8 Å². The Balaban J connectivity index is 1.96. The van der Waals surface area contributed by atoms with Gasteiger partial charge in [-0.3, -0.25) is 9.69 Å². The van der Waals surface area contributed by atoms with Crippen molar-refractivity contribution in [3.8, 4) is 11.8 Å². The Morgan fingerprint density at radius 3 is 2.83 bits per heavy atom. The molecule has 1 amide bonds. The molecule has 1 aromatic rings. The minimum absolute atomic E-state index is 0.00744. The molecule has 0 aliphatic carbocycles. The summed E-state index contributed by atoms with van der Waals surface area (Å²) in [4.78, 5) is 16.3. The van der Waals surface area contributed by atoms with Gasteiger partial charge in [-0.1, -0.05) is 0 Å². The van der Waals surface area contributed by atoms with Crippen molar-refractivity contribution in [2.75, 3.05) is 32.8 Å². The number of carbonyl (C=O) groups excluding carboxylic acids is 1. The molecule has 0 atom stereocenters. The summed E-state index contributed by atoms with van der Waals surface area (Å²) in [6.45, 7) is 5.98. The van der Waals surface area contributed by atoms with Crippen LogP contribution in [0.15, 0.2) is 24.3 Å². The molecule has 2 aliphatic rings. The van der Waals surface area contributed by atoms with E-state index in [-0.39, 0.29) is 19.1 Å². The standard InChI is InChI=1S/C18H21N3O3/c1-18(2)10-15(14-9-13(11-19)3-4-16(14)24-18)21-6-5-20(7-8-22)12-17(21)23/h3-4,9-10,22H,5-8,12H2,1-2H3. The predicted octanol–water partition coefficient (Wildman–Crippen LogP) is 1.21. The van der Waals surface area contributed by atoms with Crippen molar-refractivity contribution in [3.05, 3.63) is 35.4 Å². The van der Waals surface area contributed by atoms with Gasteiger partial charge in [0, 0.05) is 25.2 Å². The van der Waals surface area contributed by atoms with Crippen LogP contribution in [-0.4, -0.2) is 59.2 Å². The van der Waals surface area contributed by atoms with Gasteiger partial charge >= 0.3 is 0 Å². The lowest BCUT2D eigenvalue weighted by atomic mass is 9.96. The Morgan fingerprint density at radius 1 is 1.38 bits per heavy atom. The zero-order valence-corrected chi connectivity index (χ0v) is 14.0. The zero-order valence-electron chi connectivity index (χ0n) is 14.0. The number of ether oxygens (including phenoxy) is 1. The zero-order chi connectivity index (χ0) is 17.3. The number of carbonyl (C=O) groups is 1. The highest BCUT2D eigenvalue weighted by atomic mass is 16.5. The first kappa shape index (κ1) is 16.5. The third kappa shape index (κ3) is 3.14. The molecule has 2 aliphatic heterocycles. The molecule has 0 radical (unpaired) electrons. The van der Waals surface area contributed by atoms with E-state index >= 15 is 0 Å². The highest BCUT2D eigenvalue weighted by molar-refractivity contribution is 5.90. The maximum Gasteiger partial charge on any atom is 0.241 e. The lowest BCUT2D eigenvalue weighted by molar-refractivity contribution is -0.132. The Morgan fingerprint density at radius 2 is 2.17 bits per heavy atom. The molecule has 2 heterocycles. The van der Waals surface area contributed by atoms with Gasteiger partial charge in [0.2, 0.25) is 5.91 Å². The summed E-state index contributed by atoms with van der Waals surface area (Å²) in [6, 6.07) is 7.41. The number of nitrogens with zero attached hydrogens (tertiary/aromatic N) is 3. The minimum Gasteiger partial charge on any atom is -0.483 e. The summed E-state index contributed by atoms with van der Waals surface area (Å²) in [7, 11) is 0. The van der Waals surface area contributed by atoms with Crippen LogP contribution in [0, 0.1) is 11.3 Å². The second kappa shape index (κ2) is 6.27. The Hall–Kier alpha value is -2.36. The second-order valence-electron chi connectivity index (χ2n) is 6.60. The summed E-state index contributed by atoms with van der Waals surface area (Å²) in [5.41, 5.74) is 1.58. The number of benzene rings is 1. The fraction of sp³-hybridized carbons (Fsp3) is 0.444. The van der Waals surface area contributed by atoms with Crippen LogP contribution < -0.4 is 4.74 Å². The Labute approximate surface area is 141 Å². The van der Waals surface area contributed by atoms with Crippen molar-refractivity contribution in [1.29, 1.82) is 5.26 Å². The van der Waals surface area contributed by atoms with Gasteiger partial charge in [-0.05, 0) is 38.1 Å². The van der Waals surface area contributed by atoms with Crippen LogP contribution in [0.4, 0.5) is 0 Å². The quantitative estimate of drug-likeness (QED) is 0.903. The molecule has 0 bridgehead atoms. The number of piperazine rings is 1. The van der Waals surface area contributed by atoms with Gasteiger partial charge in [-0.15, -0.1) is 0 Å². The number of hydrogen-bond donors (Lipinski definition) is 1. The highest BCUT2D eigenvalue weighted by Crippen LogP contribution is 2.38. The van der Waals surface area contributed by atoms with E-state index in [2.05, 4.69) is 6.07 Å². The van der Waals surface area contributed by atoms with E-state index in [0.717, 1.165) is 11.3 Å². The molecule has 1 aromatic carbocycles. The van der Waals surface area contributed by atoms with Crippen molar-refractivity contribution >= 4 is 11.6 Å². The number of rotatable bonds is 3. The SMILES string of the molecule is CC1(C)C=C(N2CCN(CCO)CC2=O)c2cc(C#N)ccc2O1. The van der Waals surface area contributed by atoms with Gasteiger partial charge < -0.3 is 14.7 Å². The third-order valence-corrected chi connectivity index (χ3v) is 4.25. The average molecular weight is 327 g/mol. The lowest BCUT2D eigenvalue weighted by Gasteiger charge is -2.39. The summed E-state index contributed by atoms with van der Waals surface area (Å²) in [5, 5.41) is 18.2. The molecule has 0 unspecified atom stereocenters. The lowest BCUT2D eigenvalue weighted by Crippen LogP contribution is -2.50. The van der Waals surface area contributed by atoms with E-state index in [1.165, 1.54) is 0 Å². The minimum atomic E-state index is -0.529. The molecule has 6 heteroatoms. The highest BCUT2D eigenvalue weighted by Gasteiger charge is 2.34. The fourth-order valence-corrected chi connectivity index (χ4v) is 3.14. The summed E-state index contributed by atoms with van der Waals surface area (Å²) < 4.78 is 5.97. The third-order valence-electron chi connectivity index (χ3n) is 4.25. The smallest absolute Gasteiger partial charge is 0.241 e. The van der Waals surface area contributed by atoms with Crippen LogP contribution in [0.25, 0.3) is 5.70 Å². The summed E-state index contributed by atoms with van der Waals surface area (Å²) in [5.74, 6) is 0.675. The molecule has 0 aromatic heterocycles. The molecule has 1 N–H and O–H groups in total. The number of aliphatic hydroxyl groups is 1. The summed E-state index contributed by atoms with van der Waals surface area (Å²) >= 11 is 0. The predicted molar refractivity (Wildman–Crippen MR) is 89.1 cm³/mol. The number of hydrogen-bond acceptors (Lipinski definition) is 5. The molecular formula is C18H21N3O3. The van der Waals surface area contributed by atoms with Crippen LogP contribution in [0.3, 0.4) is 0 Å². The van der Waals surface area contributed by atoms with E-state index in [4.69, 9.17) is 15.1 Å². The van der Waals surface area contributed by atoms with E-state index in [0.29, 0.717) is 30.9 Å². The van der Waals surface area contributed by atoms with Crippen molar-refractivity contribution in [1.82, 2.24) is 9.80 Å². The molecule has 1 saturated heterocycles. The van der Waals surface area contributed by atoms with Gasteiger partial charge in [0.05, 0.1) is 30.5 Å². The van der Waals surface area contributed by atoms with Crippen LogP contribution in [0.5, 0.6) is 5.75 Å². The number of fused-ring (bicyclic) bond motifs is 1. The maximum absolute atomic E-state index is 12.6.